The van der Waals surface area contributed by atoms with E-state index in [1.54, 1.807) is 0 Å². The molecule has 1 aromatic rings. The second-order valence-corrected chi connectivity index (χ2v) is 7.44. The molecule has 108 valence electrons. The predicted octanol–water partition coefficient (Wildman–Crippen LogP) is 1.56. The molecule has 0 spiro atoms. The van der Waals surface area contributed by atoms with Gasteiger partial charge in [-0.05, 0) is 37.1 Å². The first-order chi connectivity index (χ1) is 8.44. The Morgan fingerprint density at radius 3 is 2.74 bits per heavy atom. The van der Waals surface area contributed by atoms with Crippen LogP contribution >= 0.6 is 12.4 Å². The largest absolute Gasteiger partial charge is 0.399 e. The molecule has 0 bridgehead atoms. The van der Waals surface area contributed by atoms with Crippen LogP contribution in [0.1, 0.15) is 12.0 Å². The molecule has 0 amide bonds. The normalized spacial score (nSPS) is 21.3. The summed E-state index contributed by atoms with van der Waals surface area (Å²) < 4.78 is 22.8. The lowest BCUT2D eigenvalue weighted by molar-refractivity contribution is 0.281. The van der Waals surface area contributed by atoms with Crippen molar-refractivity contribution in [2.45, 2.75) is 13.0 Å². The molecule has 1 saturated heterocycles. The van der Waals surface area contributed by atoms with Gasteiger partial charge in [0.05, 0.1) is 11.5 Å². The van der Waals surface area contributed by atoms with Crippen LogP contribution in [-0.2, 0) is 16.4 Å². The summed E-state index contributed by atoms with van der Waals surface area (Å²) >= 11 is 0. The van der Waals surface area contributed by atoms with Crippen LogP contribution in [0.5, 0.6) is 0 Å². The maximum Gasteiger partial charge on any atom is 0.150 e. The van der Waals surface area contributed by atoms with Crippen molar-refractivity contribution in [2.75, 3.05) is 30.8 Å². The van der Waals surface area contributed by atoms with Crippen molar-refractivity contribution in [3.63, 3.8) is 0 Å². The molecule has 0 radical (unpaired) electrons. The first kappa shape index (κ1) is 16.3. The van der Waals surface area contributed by atoms with Crippen molar-refractivity contribution in [1.29, 1.82) is 0 Å². The fourth-order valence-corrected chi connectivity index (χ4v) is 4.37. The zero-order valence-corrected chi connectivity index (χ0v) is 12.7. The standard InChI is InChI=1S/C13H20N2O2S.ClH/c1-15(8-11-3-2-4-13(14)7-11)9-12-5-6-18(16,17)10-12;/h2-4,7,12H,5-6,8-10,14H2,1H3;1H. The lowest BCUT2D eigenvalue weighted by atomic mass is 10.1. The number of halogens is 1. The number of nitrogens with two attached hydrogens (primary N) is 1. The molecule has 1 heterocycles. The lowest BCUT2D eigenvalue weighted by Gasteiger charge is -2.20. The number of nitrogens with zero attached hydrogens (tertiary/aromatic N) is 1. The fraction of sp³-hybridized carbons (Fsp3) is 0.538. The summed E-state index contributed by atoms with van der Waals surface area (Å²) in [6.45, 7) is 1.63. The Balaban J connectivity index is 0.00000180. The van der Waals surface area contributed by atoms with Gasteiger partial charge < -0.3 is 10.6 Å². The van der Waals surface area contributed by atoms with Crippen molar-refractivity contribution < 1.29 is 8.42 Å². The second kappa shape index (κ2) is 6.59. The van der Waals surface area contributed by atoms with Crippen LogP contribution in [-0.4, -0.2) is 38.4 Å². The molecule has 6 heteroatoms. The first-order valence-electron chi connectivity index (χ1n) is 6.18. The predicted molar refractivity (Wildman–Crippen MR) is 81.2 cm³/mol. The van der Waals surface area contributed by atoms with Gasteiger partial charge in [0.25, 0.3) is 0 Å². The molecular weight excluding hydrogens is 284 g/mol. The molecule has 1 aliphatic rings. The summed E-state index contributed by atoms with van der Waals surface area (Å²) in [6.07, 6.45) is 0.795. The minimum atomic E-state index is -2.77. The van der Waals surface area contributed by atoms with Crippen molar-refractivity contribution >= 4 is 27.9 Å². The van der Waals surface area contributed by atoms with E-state index in [0.29, 0.717) is 11.5 Å². The van der Waals surface area contributed by atoms with E-state index in [2.05, 4.69) is 4.90 Å². The second-order valence-electron chi connectivity index (χ2n) is 5.21. The number of rotatable bonds is 4. The fourth-order valence-electron chi connectivity index (χ4n) is 2.52. The van der Waals surface area contributed by atoms with Crippen molar-refractivity contribution in [3.05, 3.63) is 29.8 Å². The first-order valence-corrected chi connectivity index (χ1v) is 8.00. The molecule has 0 aromatic heterocycles. The molecular formula is C13H21ClN2O2S. The van der Waals surface area contributed by atoms with Crippen LogP contribution in [0.4, 0.5) is 5.69 Å². The molecule has 1 atom stereocenters. The van der Waals surface area contributed by atoms with E-state index in [4.69, 9.17) is 5.73 Å². The quantitative estimate of drug-likeness (QED) is 0.858. The van der Waals surface area contributed by atoms with E-state index < -0.39 is 9.84 Å². The molecule has 2 N–H and O–H groups in total. The van der Waals surface area contributed by atoms with Gasteiger partial charge in [-0.15, -0.1) is 12.4 Å². The SMILES string of the molecule is CN(Cc1cccc(N)c1)CC1CCS(=O)(=O)C1.Cl. The van der Waals surface area contributed by atoms with Crippen LogP contribution < -0.4 is 5.73 Å². The highest BCUT2D eigenvalue weighted by Gasteiger charge is 2.28. The Hall–Kier alpha value is -0.780. The number of sulfone groups is 1. The summed E-state index contributed by atoms with van der Waals surface area (Å²) in [5, 5.41) is 0. The molecule has 0 aliphatic carbocycles. The smallest absolute Gasteiger partial charge is 0.150 e. The van der Waals surface area contributed by atoms with Crippen LogP contribution in [0.25, 0.3) is 0 Å². The molecule has 1 aliphatic heterocycles. The Bertz CT molecular complexity index is 519. The highest BCUT2D eigenvalue weighted by molar-refractivity contribution is 7.91. The van der Waals surface area contributed by atoms with E-state index >= 15 is 0 Å². The maximum atomic E-state index is 11.4. The van der Waals surface area contributed by atoms with Gasteiger partial charge in [-0.25, -0.2) is 8.42 Å². The molecule has 1 unspecified atom stereocenters. The number of hydrogen-bond donors (Lipinski definition) is 1. The van der Waals surface area contributed by atoms with E-state index in [-0.39, 0.29) is 18.3 Å². The van der Waals surface area contributed by atoms with Gasteiger partial charge in [0.2, 0.25) is 0 Å². The minimum Gasteiger partial charge on any atom is -0.399 e. The van der Waals surface area contributed by atoms with Crippen LogP contribution in [0.2, 0.25) is 0 Å². The van der Waals surface area contributed by atoms with Crippen LogP contribution in [0, 0.1) is 5.92 Å². The van der Waals surface area contributed by atoms with Gasteiger partial charge in [0, 0.05) is 18.8 Å². The van der Waals surface area contributed by atoms with Gasteiger partial charge in [-0.3, -0.25) is 0 Å². The Morgan fingerprint density at radius 2 is 2.16 bits per heavy atom. The van der Waals surface area contributed by atoms with Gasteiger partial charge in [0.1, 0.15) is 0 Å². The number of nitrogen functional groups attached to an aromatic ring is 1. The van der Waals surface area contributed by atoms with E-state index in [9.17, 15) is 8.42 Å². The Labute approximate surface area is 121 Å². The molecule has 2 rings (SSSR count). The third-order valence-electron chi connectivity index (χ3n) is 3.30. The summed E-state index contributed by atoms with van der Waals surface area (Å²) in [6, 6.07) is 7.81. The van der Waals surface area contributed by atoms with E-state index in [0.717, 1.165) is 25.2 Å². The van der Waals surface area contributed by atoms with Crippen molar-refractivity contribution in [1.82, 2.24) is 4.90 Å². The van der Waals surface area contributed by atoms with Gasteiger partial charge in [-0.2, -0.15) is 0 Å². The molecule has 1 fully saturated rings. The molecule has 0 saturated carbocycles. The summed E-state index contributed by atoms with van der Waals surface area (Å²) in [5.41, 5.74) is 7.67. The zero-order valence-electron chi connectivity index (χ0n) is 11.1. The van der Waals surface area contributed by atoms with E-state index in [1.807, 2.05) is 31.3 Å². The third-order valence-corrected chi connectivity index (χ3v) is 5.14. The lowest BCUT2D eigenvalue weighted by Crippen LogP contribution is -2.26. The van der Waals surface area contributed by atoms with Gasteiger partial charge in [-0.1, -0.05) is 12.1 Å². The summed E-state index contributed by atoms with van der Waals surface area (Å²) in [5.74, 6) is 0.971. The molecule has 19 heavy (non-hydrogen) atoms. The number of anilines is 1. The summed E-state index contributed by atoms with van der Waals surface area (Å²) in [4.78, 5) is 2.17. The highest BCUT2D eigenvalue weighted by atomic mass is 35.5. The maximum absolute atomic E-state index is 11.4. The number of benzene rings is 1. The molecule has 1 aromatic carbocycles. The van der Waals surface area contributed by atoms with Gasteiger partial charge >= 0.3 is 0 Å². The Kier molecular flexibility index (Phi) is 5.64. The van der Waals surface area contributed by atoms with Crippen molar-refractivity contribution in [3.8, 4) is 0 Å². The average molecular weight is 305 g/mol. The zero-order chi connectivity index (χ0) is 13.2. The topological polar surface area (TPSA) is 63.4 Å². The van der Waals surface area contributed by atoms with Crippen LogP contribution in [0.15, 0.2) is 24.3 Å². The monoisotopic (exact) mass is 304 g/mol. The number of hydrogen-bond acceptors (Lipinski definition) is 4. The molecule has 4 nitrogen and oxygen atoms in total. The highest BCUT2D eigenvalue weighted by Crippen LogP contribution is 2.20. The van der Waals surface area contributed by atoms with Gasteiger partial charge in [0.15, 0.2) is 9.84 Å². The third kappa shape index (κ3) is 5.01. The minimum absolute atomic E-state index is 0. The van der Waals surface area contributed by atoms with Crippen molar-refractivity contribution in [2.24, 2.45) is 5.92 Å². The summed E-state index contributed by atoms with van der Waals surface area (Å²) in [7, 11) is -0.745. The average Bonchev–Trinajstić information content (AvgIpc) is 2.57. The van der Waals surface area contributed by atoms with E-state index in [1.165, 1.54) is 5.56 Å². The van der Waals surface area contributed by atoms with Crippen LogP contribution in [0.3, 0.4) is 0 Å². The Morgan fingerprint density at radius 1 is 1.42 bits per heavy atom.